The molecular weight excluding hydrogens is 629 g/mol. The first-order chi connectivity index (χ1) is 13.0. The van der Waals surface area contributed by atoms with Crippen molar-refractivity contribution in [3.05, 3.63) is 63.3 Å². The van der Waals surface area contributed by atoms with Crippen molar-refractivity contribution in [3.8, 4) is 0 Å². The summed E-state index contributed by atoms with van der Waals surface area (Å²) in [5, 5.41) is 0. The van der Waals surface area contributed by atoms with E-state index in [0.717, 1.165) is 0 Å². The van der Waals surface area contributed by atoms with Gasteiger partial charge in [0, 0.05) is 29.9 Å². The molecule has 0 nitrogen and oxygen atoms in total. The molecular formula is C24H44FeP2PtSi+. The molecule has 2 saturated carbocycles. The molecule has 0 atom stereocenters. The molecule has 0 amide bonds. The summed E-state index contributed by atoms with van der Waals surface area (Å²) in [6.45, 7) is 18.4. The molecule has 2 aliphatic rings. The van der Waals surface area contributed by atoms with Crippen LogP contribution in [-0.4, -0.2) is 45.8 Å². The molecule has 29 heavy (non-hydrogen) atoms. The van der Waals surface area contributed by atoms with Gasteiger partial charge in [0.25, 0.3) is 0 Å². The van der Waals surface area contributed by atoms with Crippen LogP contribution in [0.25, 0.3) is 0 Å². The first-order valence-corrected chi connectivity index (χ1v) is 16.8. The van der Waals surface area contributed by atoms with Crippen molar-refractivity contribution in [1.82, 2.24) is 0 Å². The van der Waals surface area contributed by atoms with Gasteiger partial charge in [-0.3, -0.25) is 0 Å². The normalized spacial score (nSPS) is 15.4. The van der Waals surface area contributed by atoms with Crippen molar-refractivity contribution in [2.75, 3.05) is 37.0 Å². The Morgan fingerprint density at radius 2 is 0.966 bits per heavy atom. The van der Waals surface area contributed by atoms with Crippen molar-refractivity contribution in [2.45, 2.75) is 54.6 Å². The Bertz CT molecular complexity index is 235. The monoisotopic (exact) mass is 673 g/mol. The Morgan fingerprint density at radius 3 is 1.07 bits per heavy atom. The average molecular weight is 674 g/mol. The fourth-order valence-electron chi connectivity index (χ4n) is 2.33. The molecule has 0 aromatic carbocycles. The maximum Gasteiger partial charge on any atom is 2.00 e. The summed E-state index contributed by atoms with van der Waals surface area (Å²) in [6, 6.07) is 0. The molecule has 171 valence electrons. The van der Waals surface area contributed by atoms with E-state index in [0.29, 0.717) is 15.8 Å². The Morgan fingerprint density at radius 1 is 0.655 bits per heavy atom. The summed E-state index contributed by atoms with van der Waals surface area (Å²) in [5.41, 5.74) is 1.54. The predicted molar refractivity (Wildman–Crippen MR) is 135 cm³/mol. The molecule has 0 N–H and O–H groups in total. The van der Waals surface area contributed by atoms with Gasteiger partial charge >= 0.3 is 17.1 Å². The van der Waals surface area contributed by atoms with E-state index >= 15 is 0 Å². The van der Waals surface area contributed by atoms with Crippen LogP contribution in [0.1, 0.15) is 41.5 Å². The van der Waals surface area contributed by atoms with Gasteiger partial charge in [-0.05, 0) is 68.2 Å². The molecule has 2 aliphatic carbocycles. The number of hydrogen-bond acceptors (Lipinski definition) is 0. The summed E-state index contributed by atoms with van der Waals surface area (Å²) in [5.74, 6) is 0. The summed E-state index contributed by atoms with van der Waals surface area (Å²) < 4.78 is 0. The van der Waals surface area contributed by atoms with Gasteiger partial charge in [0.2, 0.25) is 0 Å². The molecule has 0 unspecified atom stereocenters. The third-order valence-corrected chi connectivity index (χ3v) is 11.3. The largest absolute Gasteiger partial charge is 2.00 e. The fraction of sp³-hybridized carbons (Fsp3) is 0.583. The molecule has 2 rings (SSSR count). The van der Waals surface area contributed by atoms with Gasteiger partial charge in [-0.1, -0.05) is 67.5 Å². The second kappa shape index (κ2) is 30.3. The number of rotatable bonds is 7. The molecule has 0 saturated heterocycles. The minimum Gasteiger partial charge on any atom is -0.474 e. The maximum atomic E-state index is 2.86. The van der Waals surface area contributed by atoms with Gasteiger partial charge in [0.05, 0.1) is 0 Å². The molecule has 0 bridgehead atoms. The topological polar surface area (TPSA) is 0 Å². The van der Waals surface area contributed by atoms with Crippen LogP contribution in [0.15, 0.2) is 0 Å². The van der Waals surface area contributed by atoms with E-state index in [-0.39, 0.29) is 46.9 Å². The van der Waals surface area contributed by atoms with E-state index in [1.807, 2.05) is 25.7 Å². The van der Waals surface area contributed by atoms with Crippen LogP contribution in [0.3, 0.4) is 0 Å². The summed E-state index contributed by atoms with van der Waals surface area (Å²) in [7, 11) is 0.723. The summed E-state index contributed by atoms with van der Waals surface area (Å²) in [4.78, 5) is 0. The minimum atomic E-state index is -0.169. The van der Waals surface area contributed by atoms with Gasteiger partial charge in [0.15, 0.2) is 0 Å². The fourth-order valence-corrected chi connectivity index (χ4v) is 5.87. The molecule has 0 aromatic heterocycles. The Hall–Kier alpha value is 2.28. The van der Waals surface area contributed by atoms with Gasteiger partial charge in [0.1, 0.15) is 0 Å². The van der Waals surface area contributed by atoms with Gasteiger partial charge in [-0.25, -0.2) is 12.8 Å². The standard InChI is InChI=1S/C7H10Si.2C6H15P.C5H4.Fe.Pt/c1-8(2)7-5-3-4-6-7;2*1-4-7(5-2)6-3;1-2-4-5-3-1;;/h3-6H,1-2H3;2*4-6H2,1-3H3;1-4H;;/q;;;-1;+2;. The first kappa shape index (κ1) is 38.5. The molecule has 0 spiro atoms. The van der Waals surface area contributed by atoms with E-state index in [1.165, 1.54) is 42.5 Å². The Balaban J connectivity index is -0.000000142. The van der Waals surface area contributed by atoms with Crippen LogP contribution in [0.2, 0.25) is 13.1 Å². The zero-order valence-corrected chi connectivity index (χ0v) is 26.1. The maximum absolute atomic E-state index is 2.86. The third-order valence-electron chi connectivity index (χ3n) is 4.42. The quantitative estimate of drug-likeness (QED) is 0.148. The second-order valence-corrected chi connectivity index (χ2v) is 15.4. The van der Waals surface area contributed by atoms with Crippen LogP contribution in [0, 0.1) is 63.3 Å². The average Bonchev–Trinajstić information content (AvgIpc) is 3.42. The first-order valence-electron chi connectivity index (χ1n) is 10.5. The van der Waals surface area contributed by atoms with Crippen molar-refractivity contribution in [3.63, 3.8) is 0 Å². The van der Waals surface area contributed by atoms with Gasteiger partial charge < -0.3 is 6.42 Å². The Labute approximate surface area is 216 Å². The van der Waals surface area contributed by atoms with Crippen LogP contribution >= 0.6 is 15.8 Å². The predicted octanol–water partition coefficient (Wildman–Crippen LogP) is 7.63. The number of hydrogen-bond donors (Lipinski definition) is 0. The second-order valence-electron chi connectivity index (χ2n) is 6.30. The summed E-state index contributed by atoms with van der Waals surface area (Å²) >= 11 is 0. The zero-order valence-electron chi connectivity index (χ0n) is 19.9. The van der Waals surface area contributed by atoms with Crippen LogP contribution in [-0.2, 0) is 38.1 Å². The van der Waals surface area contributed by atoms with E-state index in [9.17, 15) is 0 Å². The van der Waals surface area contributed by atoms with Crippen LogP contribution in [0.4, 0.5) is 0 Å². The molecule has 0 aliphatic heterocycles. The molecule has 2 fully saturated rings. The molecule has 0 aromatic rings. The van der Waals surface area contributed by atoms with E-state index < -0.39 is 0 Å². The van der Waals surface area contributed by atoms with Crippen LogP contribution < -0.4 is 0 Å². The van der Waals surface area contributed by atoms with Gasteiger partial charge in [-0.2, -0.15) is 0 Å². The minimum absolute atomic E-state index is 0. The third kappa shape index (κ3) is 26.4. The SMILES string of the molecule is CCP(CC)CC.CCP(CC)CC.C[Si](C)[C]1[CH][CH][CH][CH]1.[C-]1[CH][CH][CH][CH]1.[Fe+2].[Pt]. The van der Waals surface area contributed by atoms with Crippen LogP contribution in [0.5, 0.6) is 0 Å². The zero-order chi connectivity index (χ0) is 20.9. The van der Waals surface area contributed by atoms with E-state index in [4.69, 9.17) is 0 Å². The van der Waals surface area contributed by atoms with Crippen molar-refractivity contribution < 1.29 is 38.1 Å². The molecule has 5 heteroatoms. The summed E-state index contributed by atoms with van der Waals surface area (Å²) in [6.07, 6.45) is 27.6. The van der Waals surface area contributed by atoms with Crippen molar-refractivity contribution >= 4 is 24.6 Å². The van der Waals surface area contributed by atoms with E-state index in [1.54, 1.807) is 0 Å². The van der Waals surface area contributed by atoms with E-state index in [2.05, 4.69) is 86.7 Å². The molecule has 0 heterocycles. The van der Waals surface area contributed by atoms with Crippen molar-refractivity contribution in [1.29, 1.82) is 0 Å². The van der Waals surface area contributed by atoms with Crippen molar-refractivity contribution in [2.24, 2.45) is 0 Å². The smallest absolute Gasteiger partial charge is 0.474 e. The Kier molecular flexibility index (Phi) is 40.2. The molecule has 11 radical (unpaired) electrons. The van der Waals surface area contributed by atoms with Gasteiger partial charge in [-0.15, -0.1) is 15.8 Å².